The molecule has 0 bridgehead atoms. The molecular formula is C32H41N7O3S. The van der Waals surface area contributed by atoms with Gasteiger partial charge in [0.05, 0.1) is 16.9 Å². The Morgan fingerprint density at radius 1 is 1.07 bits per heavy atom. The smallest absolute Gasteiger partial charge is 0.257 e. The van der Waals surface area contributed by atoms with Crippen LogP contribution in [0.4, 0.5) is 11.4 Å². The molecule has 4 rings (SSSR count). The number of aliphatic imine (C=N–C) groups is 1. The molecule has 0 aromatic heterocycles. The Morgan fingerprint density at radius 2 is 1.70 bits per heavy atom. The summed E-state index contributed by atoms with van der Waals surface area (Å²) < 4.78 is 24.2. The zero-order chi connectivity index (χ0) is 31.3. The number of rotatable bonds is 8. The number of nitrogens with two attached hydrogens (primary N) is 1. The molecule has 0 unspecified atom stereocenters. The molecule has 3 N–H and O–H groups in total. The maximum absolute atomic E-state index is 13.9. The highest BCUT2D eigenvalue weighted by Gasteiger charge is 2.29. The van der Waals surface area contributed by atoms with Crippen molar-refractivity contribution in [2.45, 2.75) is 46.6 Å². The number of nitriles is 1. The minimum atomic E-state index is -4.06. The number of carbonyl (C=O) groups excluding carboxylic acids is 1. The number of primary sulfonamides is 1. The molecule has 0 atom stereocenters. The van der Waals surface area contributed by atoms with Gasteiger partial charge in [0.15, 0.2) is 5.03 Å². The Bertz CT molecular complexity index is 1590. The fourth-order valence-electron chi connectivity index (χ4n) is 6.14. The first-order chi connectivity index (χ1) is 20.5. The van der Waals surface area contributed by atoms with Gasteiger partial charge in [-0.25, -0.2) is 18.5 Å². The van der Waals surface area contributed by atoms with Crippen molar-refractivity contribution in [3.8, 4) is 6.07 Å². The van der Waals surface area contributed by atoms with E-state index in [4.69, 9.17) is 5.14 Å². The summed E-state index contributed by atoms with van der Waals surface area (Å²) in [5, 5.41) is 18.4. The fraction of sp³-hybridized carbons (Fsp3) is 0.406. The lowest BCUT2D eigenvalue weighted by Crippen LogP contribution is -2.48. The fourth-order valence-corrected chi connectivity index (χ4v) is 6.81. The summed E-state index contributed by atoms with van der Waals surface area (Å²) in [6, 6.07) is 12.3. The Balaban J connectivity index is 1.48. The molecule has 2 aromatic carbocycles. The van der Waals surface area contributed by atoms with E-state index in [2.05, 4.69) is 41.0 Å². The lowest BCUT2D eigenvalue weighted by atomic mass is 9.94. The van der Waals surface area contributed by atoms with Gasteiger partial charge in [-0.15, -0.1) is 0 Å². The summed E-state index contributed by atoms with van der Waals surface area (Å²) in [6.07, 6.45) is 5.22. The zero-order valence-corrected chi connectivity index (χ0v) is 26.2. The first-order valence-corrected chi connectivity index (χ1v) is 16.1. The molecule has 0 aliphatic carbocycles. The summed E-state index contributed by atoms with van der Waals surface area (Å²) in [7, 11) is -4.06. The number of nitrogens with one attached hydrogen (secondary N) is 1. The van der Waals surface area contributed by atoms with Crippen LogP contribution < -0.4 is 15.4 Å². The van der Waals surface area contributed by atoms with Gasteiger partial charge in [-0.2, -0.15) is 5.26 Å². The lowest BCUT2D eigenvalue weighted by Gasteiger charge is -2.38. The molecule has 228 valence electrons. The number of amides is 1. The van der Waals surface area contributed by atoms with E-state index in [-0.39, 0.29) is 17.0 Å². The summed E-state index contributed by atoms with van der Waals surface area (Å²) in [4.78, 5) is 23.5. The average molecular weight is 604 g/mol. The van der Waals surface area contributed by atoms with Crippen LogP contribution in [0.1, 0.15) is 52.4 Å². The molecule has 2 fully saturated rings. The molecule has 2 saturated heterocycles. The summed E-state index contributed by atoms with van der Waals surface area (Å²) >= 11 is 0. The van der Waals surface area contributed by atoms with Crippen LogP contribution in [-0.2, 0) is 10.0 Å². The molecule has 10 nitrogen and oxygen atoms in total. The highest BCUT2D eigenvalue weighted by Crippen LogP contribution is 2.32. The predicted octanol–water partition coefficient (Wildman–Crippen LogP) is 4.06. The Morgan fingerprint density at radius 3 is 2.28 bits per heavy atom. The monoisotopic (exact) mass is 603 g/mol. The molecule has 2 heterocycles. The maximum atomic E-state index is 13.9. The standard InChI is InChI=1S/C32H41N7O3S/c1-6-9-28(31(35-5)43(34,41)42)38-16-18-39(19-17-38)32(40)29-22(2)20-23(3)30(24(29)4)36-26-12-14-37(15-13-26)27-11-8-7-10-25(27)21-33/h6-11,20,26,36H,5,12-19H2,1-4H3,(H2,34,41,42)/b9-6-,31-28-. The molecule has 0 radical (unpaired) electrons. The van der Waals surface area contributed by atoms with Crippen molar-refractivity contribution in [3.05, 3.63) is 81.0 Å². The van der Waals surface area contributed by atoms with Crippen LogP contribution >= 0.6 is 0 Å². The van der Waals surface area contributed by atoms with Gasteiger partial charge in [0.1, 0.15) is 6.07 Å². The van der Waals surface area contributed by atoms with Gasteiger partial charge in [0.25, 0.3) is 15.9 Å². The molecule has 0 spiro atoms. The third-order valence-electron chi connectivity index (χ3n) is 8.26. The first kappa shape index (κ1) is 31.8. The van der Waals surface area contributed by atoms with Gasteiger partial charge < -0.3 is 20.0 Å². The molecule has 11 heteroatoms. The highest BCUT2D eigenvalue weighted by molar-refractivity contribution is 7.93. The van der Waals surface area contributed by atoms with Crippen LogP contribution in [0.5, 0.6) is 0 Å². The maximum Gasteiger partial charge on any atom is 0.257 e. The van der Waals surface area contributed by atoms with Crippen LogP contribution in [-0.4, -0.2) is 76.2 Å². The number of anilines is 2. The number of sulfonamides is 1. The minimum Gasteiger partial charge on any atom is -0.382 e. The molecule has 2 aliphatic heterocycles. The van der Waals surface area contributed by atoms with E-state index in [1.807, 2.05) is 47.9 Å². The van der Waals surface area contributed by atoms with Gasteiger partial charge in [-0.1, -0.05) is 24.3 Å². The Hall–Kier alpha value is -4.14. The van der Waals surface area contributed by atoms with Gasteiger partial charge >= 0.3 is 0 Å². The number of aryl methyl sites for hydroxylation is 2. The summed E-state index contributed by atoms with van der Waals surface area (Å²) in [5.74, 6) is -0.0364. The second-order valence-electron chi connectivity index (χ2n) is 11.1. The van der Waals surface area contributed by atoms with Gasteiger partial charge in [-0.3, -0.25) is 4.79 Å². The first-order valence-electron chi connectivity index (χ1n) is 14.5. The van der Waals surface area contributed by atoms with Crippen LogP contribution in [0.3, 0.4) is 0 Å². The molecule has 0 saturated carbocycles. The number of para-hydroxylation sites is 1. The van der Waals surface area contributed by atoms with E-state index in [9.17, 15) is 18.5 Å². The normalized spacial score (nSPS) is 17.1. The van der Waals surface area contributed by atoms with Crippen LogP contribution in [0.15, 0.2) is 58.2 Å². The number of nitrogens with zero attached hydrogens (tertiary/aromatic N) is 5. The van der Waals surface area contributed by atoms with E-state index in [0.717, 1.165) is 54.0 Å². The van der Waals surface area contributed by atoms with Gasteiger partial charge in [0.2, 0.25) is 0 Å². The number of allylic oxidation sites excluding steroid dienone is 2. The second kappa shape index (κ2) is 13.4. The number of benzene rings is 2. The second-order valence-corrected chi connectivity index (χ2v) is 12.6. The zero-order valence-electron chi connectivity index (χ0n) is 25.4. The minimum absolute atomic E-state index is 0.0364. The SMILES string of the molecule is C=N/C(=C(\C=C/C)N1CCN(C(=O)c2c(C)cc(C)c(NC3CCN(c4ccccc4C#N)CC3)c2C)CC1)S(N)(=O)=O. The molecular weight excluding hydrogens is 562 g/mol. The number of piperazine rings is 1. The Labute approximate surface area is 255 Å². The molecule has 2 aromatic rings. The number of piperidine rings is 1. The average Bonchev–Trinajstić information content (AvgIpc) is 2.98. The van der Waals surface area contributed by atoms with E-state index >= 15 is 0 Å². The van der Waals surface area contributed by atoms with Crippen molar-refractivity contribution >= 4 is 34.0 Å². The van der Waals surface area contributed by atoms with Crippen LogP contribution in [0.25, 0.3) is 0 Å². The van der Waals surface area contributed by atoms with E-state index in [1.165, 1.54) is 0 Å². The van der Waals surface area contributed by atoms with Crippen molar-refractivity contribution in [2.75, 3.05) is 49.5 Å². The molecule has 1 amide bonds. The van der Waals surface area contributed by atoms with Crippen molar-refractivity contribution < 1.29 is 13.2 Å². The lowest BCUT2D eigenvalue weighted by molar-refractivity contribution is 0.0670. The van der Waals surface area contributed by atoms with Crippen LogP contribution in [0, 0.1) is 32.1 Å². The van der Waals surface area contributed by atoms with Crippen molar-refractivity contribution in [1.29, 1.82) is 5.26 Å². The third kappa shape index (κ3) is 6.92. The van der Waals surface area contributed by atoms with Crippen molar-refractivity contribution in [1.82, 2.24) is 9.80 Å². The topological polar surface area (TPSA) is 135 Å². The van der Waals surface area contributed by atoms with E-state index in [0.29, 0.717) is 43.0 Å². The van der Waals surface area contributed by atoms with Gasteiger partial charge in [0, 0.05) is 56.6 Å². The largest absolute Gasteiger partial charge is 0.382 e. The molecule has 2 aliphatic rings. The number of carbonyl (C=O) groups is 1. The van der Waals surface area contributed by atoms with Crippen molar-refractivity contribution in [3.63, 3.8) is 0 Å². The van der Waals surface area contributed by atoms with Crippen LogP contribution in [0.2, 0.25) is 0 Å². The van der Waals surface area contributed by atoms with Gasteiger partial charge in [-0.05, 0) is 82.2 Å². The highest BCUT2D eigenvalue weighted by atomic mass is 32.2. The quantitative estimate of drug-likeness (QED) is 0.343. The predicted molar refractivity (Wildman–Crippen MR) is 173 cm³/mol. The van der Waals surface area contributed by atoms with E-state index < -0.39 is 10.0 Å². The number of hydrogen-bond acceptors (Lipinski definition) is 8. The van der Waals surface area contributed by atoms with E-state index in [1.54, 1.807) is 19.1 Å². The number of hydrogen-bond donors (Lipinski definition) is 2. The van der Waals surface area contributed by atoms with Crippen molar-refractivity contribution in [2.24, 2.45) is 10.1 Å². The third-order valence-corrected chi connectivity index (χ3v) is 9.14. The molecule has 43 heavy (non-hydrogen) atoms. The summed E-state index contributed by atoms with van der Waals surface area (Å²) in [6.45, 7) is 14.6. The Kier molecular flexibility index (Phi) is 9.94. The summed E-state index contributed by atoms with van der Waals surface area (Å²) in [5.41, 5.74) is 6.71.